The minimum absolute atomic E-state index is 0.893. The van der Waals surface area contributed by atoms with Crippen molar-refractivity contribution >= 4 is 71.6 Å². The molecule has 286 valence electrons. The molecule has 0 spiro atoms. The van der Waals surface area contributed by atoms with Gasteiger partial charge in [-0.05, 0) is 76.0 Å². The molecular weight excluding hydrogens is 741 g/mol. The first-order chi connectivity index (χ1) is 30.3. The van der Waals surface area contributed by atoms with Gasteiger partial charge in [-0.3, -0.25) is 0 Å². The van der Waals surface area contributed by atoms with Gasteiger partial charge in [-0.15, -0.1) is 0 Å². The van der Waals surface area contributed by atoms with E-state index in [0.717, 1.165) is 83.5 Å². The van der Waals surface area contributed by atoms with Crippen molar-refractivity contribution in [2.24, 2.45) is 0 Å². The van der Waals surface area contributed by atoms with E-state index in [1.54, 1.807) is 0 Å². The summed E-state index contributed by atoms with van der Waals surface area (Å²) >= 11 is 0. The van der Waals surface area contributed by atoms with Crippen LogP contribution >= 0.6 is 0 Å². The fourth-order valence-corrected chi connectivity index (χ4v) is 9.44. The first-order valence-corrected chi connectivity index (χ1v) is 20.8. The highest BCUT2D eigenvalue weighted by atomic mass is 16.3. The molecule has 12 rings (SSSR count). The molecule has 0 fully saturated rings. The van der Waals surface area contributed by atoms with Crippen LogP contribution in [0.2, 0.25) is 0 Å². The van der Waals surface area contributed by atoms with E-state index < -0.39 is 0 Å². The van der Waals surface area contributed by atoms with Gasteiger partial charge in [-0.25, -0.2) is 0 Å². The van der Waals surface area contributed by atoms with E-state index in [9.17, 15) is 0 Å². The van der Waals surface area contributed by atoms with Crippen molar-refractivity contribution in [3.8, 4) is 39.1 Å². The van der Waals surface area contributed by atoms with Crippen molar-refractivity contribution in [3.63, 3.8) is 0 Å². The Hall–Kier alpha value is -8.14. The van der Waals surface area contributed by atoms with Gasteiger partial charge < -0.3 is 13.9 Å². The quantitative estimate of drug-likeness (QED) is 0.161. The van der Waals surface area contributed by atoms with Gasteiger partial charge in [0.2, 0.25) is 0 Å². The van der Waals surface area contributed by atoms with Gasteiger partial charge in [0.15, 0.2) is 0 Å². The van der Waals surface area contributed by atoms with Crippen molar-refractivity contribution < 1.29 is 4.42 Å². The Morgan fingerprint density at radius 2 is 0.984 bits per heavy atom. The highest BCUT2D eigenvalue weighted by molar-refractivity contribution is 6.13. The molecule has 0 aliphatic heterocycles. The van der Waals surface area contributed by atoms with Crippen LogP contribution in [0, 0.1) is 0 Å². The van der Waals surface area contributed by atoms with Crippen LogP contribution in [0.4, 0.5) is 17.1 Å². The maximum absolute atomic E-state index is 6.63. The number of nitrogens with zero attached hydrogens (tertiary/aromatic N) is 2. The van der Waals surface area contributed by atoms with E-state index in [1.807, 2.05) is 6.07 Å². The minimum Gasteiger partial charge on any atom is -0.455 e. The Morgan fingerprint density at radius 3 is 1.87 bits per heavy atom. The zero-order valence-electron chi connectivity index (χ0n) is 33.2. The lowest BCUT2D eigenvalue weighted by atomic mass is 9.94. The molecule has 0 aliphatic carbocycles. The van der Waals surface area contributed by atoms with Gasteiger partial charge in [0.25, 0.3) is 0 Å². The van der Waals surface area contributed by atoms with Gasteiger partial charge in [0.1, 0.15) is 11.2 Å². The number of para-hydroxylation sites is 5. The second-order valence-electron chi connectivity index (χ2n) is 15.6. The molecule has 0 aliphatic rings. The van der Waals surface area contributed by atoms with E-state index in [4.69, 9.17) is 4.42 Å². The minimum atomic E-state index is 0.893. The molecule has 2 aromatic heterocycles. The first kappa shape index (κ1) is 34.9. The number of anilines is 3. The second kappa shape index (κ2) is 14.3. The summed E-state index contributed by atoms with van der Waals surface area (Å²) < 4.78 is 9.07. The molecule has 0 bridgehead atoms. The largest absolute Gasteiger partial charge is 0.455 e. The number of fused-ring (bicyclic) bond motifs is 7. The summed E-state index contributed by atoms with van der Waals surface area (Å²) in [6.07, 6.45) is 0. The monoisotopic (exact) mass is 778 g/mol. The summed E-state index contributed by atoms with van der Waals surface area (Å²) in [5.74, 6) is 0. The third kappa shape index (κ3) is 5.74. The van der Waals surface area contributed by atoms with Crippen LogP contribution in [0.15, 0.2) is 235 Å². The number of furan rings is 1. The Kier molecular flexibility index (Phi) is 8.17. The van der Waals surface area contributed by atoms with Crippen LogP contribution in [0.3, 0.4) is 0 Å². The van der Waals surface area contributed by atoms with Gasteiger partial charge >= 0.3 is 0 Å². The van der Waals surface area contributed by atoms with Crippen LogP contribution in [0.25, 0.3) is 93.6 Å². The number of aromatic nitrogens is 1. The van der Waals surface area contributed by atoms with Crippen LogP contribution in [-0.4, -0.2) is 4.57 Å². The summed E-state index contributed by atoms with van der Waals surface area (Å²) in [6, 6.07) is 83.0. The molecule has 10 aromatic carbocycles. The molecule has 0 amide bonds. The number of hydrogen-bond acceptors (Lipinski definition) is 2. The smallest absolute Gasteiger partial charge is 0.143 e. The fourth-order valence-electron chi connectivity index (χ4n) is 9.44. The molecule has 2 heterocycles. The van der Waals surface area contributed by atoms with E-state index in [-0.39, 0.29) is 0 Å². The molecule has 0 radical (unpaired) electrons. The SMILES string of the molecule is c1ccc(-c2ccc(-c3cccc4ccccc34)cc2N(c2ccccc2)c2ccc3c4ccccc4n(-c4ccccc4-c4cccc5c4oc4ccccc45)c3c2)cc1. The van der Waals surface area contributed by atoms with Crippen LogP contribution in [0.1, 0.15) is 0 Å². The Labute approximate surface area is 353 Å². The topological polar surface area (TPSA) is 21.3 Å². The van der Waals surface area contributed by atoms with E-state index >= 15 is 0 Å². The summed E-state index contributed by atoms with van der Waals surface area (Å²) in [7, 11) is 0. The average molecular weight is 779 g/mol. The maximum Gasteiger partial charge on any atom is 0.143 e. The molecule has 0 saturated carbocycles. The highest BCUT2D eigenvalue weighted by Crippen LogP contribution is 2.46. The first-order valence-electron chi connectivity index (χ1n) is 20.8. The number of hydrogen-bond donors (Lipinski definition) is 0. The molecule has 0 N–H and O–H groups in total. The normalized spacial score (nSPS) is 11.6. The zero-order chi connectivity index (χ0) is 40.3. The average Bonchev–Trinajstić information content (AvgIpc) is 3.88. The molecule has 12 aromatic rings. The lowest BCUT2D eigenvalue weighted by Crippen LogP contribution is -2.11. The van der Waals surface area contributed by atoms with Crippen molar-refractivity contribution in [2.75, 3.05) is 4.90 Å². The Morgan fingerprint density at radius 1 is 0.344 bits per heavy atom. The molecule has 0 unspecified atom stereocenters. The predicted molar refractivity (Wildman–Crippen MR) is 257 cm³/mol. The van der Waals surface area contributed by atoms with Crippen LogP contribution < -0.4 is 4.90 Å². The molecular formula is C58H38N2O. The summed E-state index contributed by atoms with van der Waals surface area (Å²) in [6.45, 7) is 0. The van der Waals surface area contributed by atoms with Crippen molar-refractivity contribution in [1.29, 1.82) is 0 Å². The fraction of sp³-hybridized carbons (Fsp3) is 0. The lowest BCUT2D eigenvalue weighted by molar-refractivity contribution is 0.670. The molecule has 0 saturated heterocycles. The standard InChI is InChI=1S/C58H38N2O/c1-3-17-40(18-4-1)46-35-33-41(45-27-15-20-39-19-7-8-23-44(39)45)37-55(46)59(42-21-5-2-6-22-42)43-34-36-49-47-24-9-12-30-53(47)60(56(49)38-43)54-31-13-10-25-48(54)51-28-16-29-52-50-26-11-14-32-57(50)61-58(51)52/h1-38H. The van der Waals surface area contributed by atoms with Gasteiger partial charge in [0.05, 0.1) is 22.4 Å². The Bertz CT molecular complexity index is 3590. The summed E-state index contributed by atoms with van der Waals surface area (Å²) in [5.41, 5.74) is 15.2. The van der Waals surface area contributed by atoms with Crippen molar-refractivity contribution in [1.82, 2.24) is 4.57 Å². The van der Waals surface area contributed by atoms with Gasteiger partial charge in [-0.2, -0.15) is 0 Å². The maximum atomic E-state index is 6.63. The molecule has 0 atom stereocenters. The van der Waals surface area contributed by atoms with Gasteiger partial charge in [-0.1, -0.05) is 182 Å². The van der Waals surface area contributed by atoms with E-state index in [2.05, 4.69) is 234 Å². The van der Waals surface area contributed by atoms with Crippen LogP contribution in [0.5, 0.6) is 0 Å². The zero-order valence-corrected chi connectivity index (χ0v) is 33.2. The number of rotatable bonds is 7. The van der Waals surface area contributed by atoms with Crippen molar-refractivity contribution in [3.05, 3.63) is 231 Å². The third-order valence-electron chi connectivity index (χ3n) is 12.2. The predicted octanol–water partition coefficient (Wildman–Crippen LogP) is 16.3. The summed E-state index contributed by atoms with van der Waals surface area (Å²) in [5, 5.41) is 7.10. The van der Waals surface area contributed by atoms with Crippen molar-refractivity contribution in [2.45, 2.75) is 0 Å². The third-order valence-corrected chi connectivity index (χ3v) is 12.2. The molecule has 3 nitrogen and oxygen atoms in total. The molecule has 61 heavy (non-hydrogen) atoms. The van der Waals surface area contributed by atoms with E-state index in [1.165, 1.54) is 27.1 Å². The lowest BCUT2D eigenvalue weighted by Gasteiger charge is -2.29. The second-order valence-corrected chi connectivity index (χ2v) is 15.6. The van der Waals surface area contributed by atoms with Gasteiger partial charge in [0, 0.05) is 49.6 Å². The van der Waals surface area contributed by atoms with Crippen LogP contribution in [-0.2, 0) is 0 Å². The Balaban J connectivity index is 1.12. The molecule has 3 heteroatoms. The summed E-state index contributed by atoms with van der Waals surface area (Å²) in [4.78, 5) is 2.43. The van der Waals surface area contributed by atoms with E-state index in [0.29, 0.717) is 0 Å². The number of benzene rings is 10. The highest BCUT2D eigenvalue weighted by Gasteiger charge is 2.23.